The summed E-state index contributed by atoms with van der Waals surface area (Å²) in [5.74, 6) is 0.378. The van der Waals surface area contributed by atoms with Crippen LogP contribution in [-0.2, 0) is 9.59 Å². The molecule has 2 N–H and O–H groups in total. The smallest absolute Gasteiger partial charge is 0.323 e. The molecule has 154 valence electrons. The maximum atomic E-state index is 12.6. The van der Waals surface area contributed by atoms with Gasteiger partial charge in [0.2, 0.25) is 5.91 Å². The van der Waals surface area contributed by atoms with Gasteiger partial charge in [-0.25, -0.2) is 10.2 Å². The van der Waals surface area contributed by atoms with Gasteiger partial charge in [0, 0.05) is 24.1 Å². The number of amides is 4. The third-order valence-electron chi connectivity index (χ3n) is 8.32. The van der Waals surface area contributed by atoms with E-state index in [-0.39, 0.29) is 41.6 Å². The molecule has 4 rings (SSSR count). The summed E-state index contributed by atoms with van der Waals surface area (Å²) in [4.78, 5) is 38.3. The number of urea groups is 1. The normalized spacial score (nSPS) is 33.9. The van der Waals surface area contributed by atoms with Crippen LogP contribution in [0.25, 0.3) is 0 Å². The lowest BCUT2D eigenvalue weighted by molar-refractivity contribution is -0.131. The first-order chi connectivity index (χ1) is 13.2. The van der Waals surface area contributed by atoms with E-state index >= 15 is 0 Å². The van der Waals surface area contributed by atoms with Crippen LogP contribution in [0.15, 0.2) is 5.10 Å². The molecule has 1 heterocycles. The molecule has 0 unspecified atom stereocenters. The minimum Gasteiger partial charge on any atom is -0.323 e. The van der Waals surface area contributed by atoms with E-state index in [2.05, 4.69) is 36.6 Å². The predicted molar refractivity (Wildman–Crippen MR) is 105 cm³/mol. The Morgan fingerprint density at radius 3 is 2.54 bits per heavy atom. The van der Waals surface area contributed by atoms with Gasteiger partial charge in [0.25, 0.3) is 5.91 Å². The Labute approximate surface area is 166 Å². The van der Waals surface area contributed by atoms with Crippen molar-refractivity contribution in [3.8, 4) is 0 Å². The average molecular weight is 389 g/mol. The lowest BCUT2D eigenvalue weighted by Crippen LogP contribution is -2.44. The van der Waals surface area contributed by atoms with Crippen LogP contribution in [0.4, 0.5) is 4.79 Å². The number of rotatable bonds is 5. The highest BCUT2D eigenvalue weighted by molar-refractivity contribution is 6.07. The fraction of sp³-hybridized carbons (Fsp3) is 0.810. The van der Waals surface area contributed by atoms with Crippen LogP contribution in [0.2, 0.25) is 0 Å². The molecule has 2 bridgehead atoms. The molecule has 1 spiro atoms. The Morgan fingerprint density at radius 1 is 1.21 bits per heavy atom. The molecule has 0 aromatic heterocycles. The average Bonchev–Trinajstić information content (AvgIpc) is 3.31. The van der Waals surface area contributed by atoms with Crippen LogP contribution in [0.5, 0.6) is 0 Å². The van der Waals surface area contributed by atoms with Crippen LogP contribution < -0.4 is 10.7 Å². The first-order valence-electron chi connectivity index (χ1n) is 10.7. The summed E-state index contributed by atoms with van der Waals surface area (Å²) in [6.07, 6.45) is 7.44. The molecule has 7 heteroatoms. The Hall–Kier alpha value is -1.92. The van der Waals surface area contributed by atoms with Crippen LogP contribution in [0.3, 0.4) is 0 Å². The second kappa shape index (κ2) is 6.56. The number of hydrogen-bond donors (Lipinski definition) is 2. The van der Waals surface area contributed by atoms with E-state index in [0.717, 1.165) is 44.2 Å². The summed E-state index contributed by atoms with van der Waals surface area (Å²) in [7, 11) is 0. The van der Waals surface area contributed by atoms with Gasteiger partial charge in [0.05, 0.1) is 0 Å². The van der Waals surface area contributed by atoms with Crippen molar-refractivity contribution >= 4 is 23.6 Å². The van der Waals surface area contributed by atoms with Gasteiger partial charge >= 0.3 is 6.03 Å². The van der Waals surface area contributed by atoms with Gasteiger partial charge in [-0.2, -0.15) is 5.10 Å². The summed E-state index contributed by atoms with van der Waals surface area (Å²) in [5, 5.41) is 7.34. The maximum absolute atomic E-state index is 12.6. The maximum Gasteiger partial charge on any atom is 0.325 e. The zero-order valence-electron chi connectivity index (χ0n) is 17.3. The monoisotopic (exact) mass is 388 g/mol. The Bertz CT molecular complexity index is 738. The molecular formula is C21H32N4O3. The largest absolute Gasteiger partial charge is 0.325 e. The number of carbonyl (C=O) groups excluding carboxylic acids is 3. The Kier molecular flexibility index (Phi) is 4.55. The molecular weight excluding hydrogens is 356 g/mol. The topological polar surface area (TPSA) is 90.9 Å². The van der Waals surface area contributed by atoms with E-state index in [1.54, 1.807) is 0 Å². The number of fused-ring (bicyclic) bond motifs is 2. The van der Waals surface area contributed by atoms with Crippen LogP contribution >= 0.6 is 0 Å². The van der Waals surface area contributed by atoms with E-state index in [9.17, 15) is 14.4 Å². The zero-order valence-corrected chi connectivity index (χ0v) is 17.3. The lowest BCUT2D eigenvalue weighted by Gasteiger charge is -2.34. The van der Waals surface area contributed by atoms with E-state index in [1.807, 2.05) is 0 Å². The van der Waals surface area contributed by atoms with Gasteiger partial charge in [-0.1, -0.05) is 33.6 Å². The molecule has 2 atom stereocenters. The first-order valence-corrected chi connectivity index (χ1v) is 10.7. The lowest BCUT2D eigenvalue weighted by atomic mass is 9.70. The highest BCUT2D eigenvalue weighted by atomic mass is 16.2. The zero-order chi connectivity index (χ0) is 20.2. The van der Waals surface area contributed by atoms with Gasteiger partial charge in [0.15, 0.2) is 0 Å². The van der Waals surface area contributed by atoms with Crippen molar-refractivity contribution in [3.05, 3.63) is 0 Å². The molecule has 7 nitrogen and oxygen atoms in total. The molecule has 0 aromatic rings. The molecule has 4 amide bonds. The molecule has 1 aliphatic heterocycles. The minimum absolute atomic E-state index is 0.0700. The second-order valence-electron chi connectivity index (χ2n) is 9.87. The third kappa shape index (κ3) is 2.77. The third-order valence-corrected chi connectivity index (χ3v) is 8.32. The molecule has 0 radical (unpaired) electrons. The van der Waals surface area contributed by atoms with E-state index in [0.29, 0.717) is 12.3 Å². The van der Waals surface area contributed by atoms with Gasteiger partial charge < -0.3 is 5.32 Å². The highest BCUT2D eigenvalue weighted by Crippen LogP contribution is 2.63. The summed E-state index contributed by atoms with van der Waals surface area (Å²) in [6, 6.07) is -0.315. The number of hydrazone groups is 1. The number of carbonyl (C=O) groups is 3. The molecule has 0 aromatic carbocycles. The first kappa shape index (κ1) is 19.4. The van der Waals surface area contributed by atoms with E-state index in [1.165, 1.54) is 11.3 Å². The van der Waals surface area contributed by atoms with Crippen molar-refractivity contribution in [2.75, 3.05) is 6.54 Å². The highest BCUT2D eigenvalue weighted by Gasteiger charge is 2.60. The summed E-state index contributed by atoms with van der Waals surface area (Å²) in [6.45, 7) is 7.17. The van der Waals surface area contributed by atoms with Crippen LogP contribution in [-0.4, -0.2) is 40.5 Å². The van der Waals surface area contributed by atoms with Crippen molar-refractivity contribution in [1.82, 2.24) is 15.6 Å². The number of hydrogen-bond acceptors (Lipinski definition) is 4. The summed E-state index contributed by atoms with van der Waals surface area (Å²) in [5.41, 5.74) is 3.46. The SMILES string of the molecule is CC1(C)[C@H]2CC[C@@]1(C)/C(=N/NC(=O)CCCN1C(=O)NC3(CCCC3)C1=O)C2. The molecule has 28 heavy (non-hydrogen) atoms. The van der Waals surface area contributed by atoms with Crippen molar-refractivity contribution in [2.45, 2.75) is 84.1 Å². The predicted octanol–water partition coefficient (Wildman–Crippen LogP) is 2.95. The fourth-order valence-electron chi connectivity index (χ4n) is 5.88. The molecule has 3 saturated carbocycles. The molecule has 1 saturated heterocycles. The quantitative estimate of drug-likeness (QED) is 0.560. The van der Waals surface area contributed by atoms with Crippen molar-refractivity contribution in [1.29, 1.82) is 0 Å². The van der Waals surface area contributed by atoms with Crippen LogP contribution in [0, 0.1) is 16.7 Å². The molecule has 3 aliphatic carbocycles. The fourth-order valence-corrected chi connectivity index (χ4v) is 5.88. The number of nitrogens with one attached hydrogen (secondary N) is 2. The van der Waals surface area contributed by atoms with Crippen molar-refractivity contribution < 1.29 is 14.4 Å². The molecule has 4 aliphatic rings. The number of nitrogens with zero attached hydrogens (tertiary/aromatic N) is 2. The van der Waals surface area contributed by atoms with Gasteiger partial charge in [-0.05, 0) is 49.9 Å². The standard InChI is InChI=1S/C21H32N4O3/c1-19(2)14-8-11-20(19,3)15(13-14)23-24-16(26)7-6-12-25-17(27)21(22-18(25)28)9-4-5-10-21/h14H,4-13H2,1-3H3,(H,22,28)(H,24,26)/b23-15+/t14-,20-/m0/s1. The molecule has 4 fully saturated rings. The Morgan fingerprint density at radius 2 is 1.93 bits per heavy atom. The van der Waals surface area contributed by atoms with Gasteiger partial charge in [-0.3, -0.25) is 14.5 Å². The number of imide groups is 1. The summed E-state index contributed by atoms with van der Waals surface area (Å²) >= 11 is 0. The van der Waals surface area contributed by atoms with Crippen molar-refractivity contribution in [3.63, 3.8) is 0 Å². The van der Waals surface area contributed by atoms with Gasteiger partial charge in [0.1, 0.15) is 5.54 Å². The second-order valence-corrected chi connectivity index (χ2v) is 9.87. The summed E-state index contributed by atoms with van der Waals surface area (Å²) < 4.78 is 0. The van der Waals surface area contributed by atoms with Gasteiger partial charge in [-0.15, -0.1) is 0 Å². The Balaban J connectivity index is 1.27. The minimum atomic E-state index is -0.671. The van der Waals surface area contributed by atoms with Crippen molar-refractivity contribution in [2.24, 2.45) is 21.8 Å². The van der Waals surface area contributed by atoms with Crippen LogP contribution in [0.1, 0.15) is 78.6 Å². The van der Waals surface area contributed by atoms with E-state index in [4.69, 9.17) is 0 Å². The van der Waals surface area contributed by atoms with E-state index < -0.39 is 5.54 Å².